The van der Waals surface area contributed by atoms with E-state index in [9.17, 15) is 0 Å². The fourth-order valence-corrected chi connectivity index (χ4v) is 4.85. The number of likely N-dealkylation sites (N-methyl/N-ethyl adjacent to an activating group) is 1. The molecule has 0 spiro atoms. The van der Waals surface area contributed by atoms with Crippen molar-refractivity contribution in [3.05, 3.63) is 0 Å². The Hall–Kier alpha value is 0.270. The van der Waals surface area contributed by atoms with Gasteiger partial charge in [0.15, 0.2) is 0 Å². The second-order valence-corrected chi connectivity index (χ2v) is 7.84. The number of hydrogen-bond acceptors (Lipinski definition) is 3. The van der Waals surface area contributed by atoms with E-state index in [2.05, 4.69) is 37.6 Å². The smallest absolute Gasteiger partial charge is 0.0429 e. The summed E-state index contributed by atoms with van der Waals surface area (Å²) in [5.74, 6) is 2.53. The molecule has 1 aliphatic carbocycles. The summed E-state index contributed by atoms with van der Waals surface area (Å²) < 4.78 is 0. The molecule has 17 heavy (non-hydrogen) atoms. The molecule has 2 fully saturated rings. The van der Waals surface area contributed by atoms with Crippen LogP contribution in [0.3, 0.4) is 0 Å². The van der Waals surface area contributed by atoms with Gasteiger partial charge in [0.05, 0.1) is 0 Å². The van der Waals surface area contributed by atoms with Crippen LogP contribution in [0.2, 0.25) is 0 Å². The third-order valence-electron chi connectivity index (χ3n) is 5.07. The van der Waals surface area contributed by atoms with E-state index >= 15 is 0 Å². The van der Waals surface area contributed by atoms with Crippen LogP contribution in [0.4, 0.5) is 0 Å². The number of nitrogens with zero attached hydrogens (tertiary/aromatic N) is 1. The van der Waals surface area contributed by atoms with Crippen molar-refractivity contribution in [1.29, 1.82) is 0 Å². The van der Waals surface area contributed by atoms with Gasteiger partial charge in [-0.3, -0.25) is 4.90 Å². The molecule has 3 heteroatoms. The van der Waals surface area contributed by atoms with Gasteiger partial charge in [0, 0.05) is 23.9 Å². The lowest BCUT2D eigenvalue weighted by Crippen LogP contribution is -2.57. The summed E-state index contributed by atoms with van der Waals surface area (Å²) in [6, 6.07) is 0.769. The predicted octanol–water partition coefficient (Wildman–Crippen LogP) is 2.72. The molecule has 0 bridgehead atoms. The molecule has 100 valence electrons. The Morgan fingerprint density at radius 1 is 1.24 bits per heavy atom. The first-order valence-electron chi connectivity index (χ1n) is 7.00. The predicted molar refractivity (Wildman–Crippen MR) is 77.5 cm³/mol. The van der Waals surface area contributed by atoms with Crippen LogP contribution >= 0.6 is 11.8 Å². The molecule has 2 rings (SSSR count). The summed E-state index contributed by atoms with van der Waals surface area (Å²) in [5, 5.41) is 0. The van der Waals surface area contributed by atoms with Gasteiger partial charge in [0.2, 0.25) is 0 Å². The van der Waals surface area contributed by atoms with Crippen LogP contribution in [0.25, 0.3) is 0 Å². The molecule has 1 saturated carbocycles. The van der Waals surface area contributed by atoms with Crippen molar-refractivity contribution in [2.45, 2.75) is 57.5 Å². The summed E-state index contributed by atoms with van der Waals surface area (Å²) in [7, 11) is 2.32. The van der Waals surface area contributed by atoms with E-state index in [0.29, 0.717) is 11.0 Å². The lowest BCUT2D eigenvalue weighted by Gasteiger charge is -2.46. The lowest BCUT2D eigenvalue weighted by atomic mass is 9.74. The fourth-order valence-electron chi connectivity index (χ4n) is 3.34. The Labute approximate surface area is 111 Å². The van der Waals surface area contributed by atoms with Crippen LogP contribution in [-0.2, 0) is 0 Å². The van der Waals surface area contributed by atoms with E-state index in [4.69, 9.17) is 5.73 Å². The third kappa shape index (κ3) is 2.82. The summed E-state index contributed by atoms with van der Waals surface area (Å²) in [6.45, 7) is 5.65. The fraction of sp³-hybridized carbons (Fsp3) is 1.00. The highest BCUT2D eigenvalue weighted by molar-refractivity contribution is 7.99. The molecule has 1 heterocycles. The third-order valence-corrected chi connectivity index (χ3v) is 6.30. The van der Waals surface area contributed by atoms with Gasteiger partial charge in [-0.25, -0.2) is 0 Å². The Morgan fingerprint density at radius 2 is 1.88 bits per heavy atom. The first kappa shape index (κ1) is 13.7. The first-order valence-corrected chi connectivity index (χ1v) is 8.15. The first-order chi connectivity index (χ1) is 7.99. The zero-order chi connectivity index (χ0) is 12.5. The Balaban J connectivity index is 1.98. The number of thioether (sulfide) groups is 1. The Bertz CT molecular complexity index is 249. The highest BCUT2D eigenvalue weighted by Crippen LogP contribution is 2.40. The summed E-state index contributed by atoms with van der Waals surface area (Å²) >= 11 is 2.08. The number of nitrogens with two attached hydrogens (primary N) is 1. The van der Waals surface area contributed by atoms with E-state index in [1.54, 1.807) is 0 Å². The largest absolute Gasteiger partial charge is 0.329 e. The molecule has 0 aromatic heterocycles. The van der Waals surface area contributed by atoms with Crippen LogP contribution in [0, 0.1) is 5.41 Å². The van der Waals surface area contributed by atoms with Gasteiger partial charge >= 0.3 is 0 Å². The molecule has 0 radical (unpaired) electrons. The second kappa shape index (κ2) is 5.10. The number of rotatable bonds is 3. The summed E-state index contributed by atoms with van der Waals surface area (Å²) in [5.41, 5.74) is 6.94. The molecule has 0 aromatic rings. The van der Waals surface area contributed by atoms with Crippen LogP contribution < -0.4 is 5.73 Å². The average Bonchev–Trinajstić information content (AvgIpc) is 2.78. The molecule has 1 unspecified atom stereocenters. The standard InChI is InChI=1S/C14H28N2S/c1-13(2)6-4-12(5-7-13)16(3)14(10-15)8-9-17-11-14/h12H,4-11,15H2,1-3H3. The van der Waals surface area contributed by atoms with Crippen molar-refractivity contribution in [1.82, 2.24) is 4.90 Å². The highest BCUT2D eigenvalue weighted by atomic mass is 32.2. The lowest BCUT2D eigenvalue weighted by molar-refractivity contribution is 0.0506. The van der Waals surface area contributed by atoms with Crippen LogP contribution in [0.15, 0.2) is 0 Å². The molecule has 1 atom stereocenters. The van der Waals surface area contributed by atoms with E-state index in [-0.39, 0.29) is 0 Å². The minimum atomic E-state index is 0.302. The van der Waals surface area contributed by atoms with Crippen molar-refractivity contribution < 1.29 is 0 Å². The van der Waals surface area contributed by atoms with E-state index < -0.39 is 0 Å². The van der Waals surface area contributed by atoms with Gasteiger partial charge < -0.3 is 5.73 Å². The SMILES string of the molecule is CN(C1CCC(C)(C)CC1)C1(CN)CCSC1. The molecule has 0 amide bonds. The number of hydrogen-bond donors (Lipinski definition) is 1. The maximum absolute atomic E-state index is 6.07. The van der Waals surface area contributed by atoms with Crippen molar-refractivity contribution in [3.8, 4) is 0 Å². The van der Waals surface area contributed by atoms with Crippen LogP contribution in [0.1, 0.15) is 46.0 Å². The molecule has 1 saturated heterocycles. The Kier molecular flexibility index (Phi) is 4.11. The van der Waals surface area contributed by atoms with Crippen molar-refractivity contribution in [3.63, 3.8) is 0 Å². The van der Waals surface area contributed by atoms with E-state index in [0.717, 1.165) is 12.6 Å². The van der Waals surface area contributed by atoms with Crippen LogP contribution in [-0.4, -0.2) is 41.6 Å². The molecule has 0 aromatic carbocycles. The van der Waals surface area contributed by atoms with Gasteiger partial charge in [0.25, 0.3) is 0 Å². The highest BCUT2D eigenvalue weighted by Gasteiger charge is 2.41. The molecule has 2 nitrogen and oxygen atoms in total. The maximum atomic E-state index is 6.07. The Morgan fingerprint density at radius 3 is 2.35 bits per heavy atom. The molecule has 2 N–H and O–H groups in total. The zero-order valence-corrected chi connectivity index (χ0v) is 12.5. The van der Waals surface area contributed by atoms with E-state index in [1.165, 1.54) is 43.6 Å². The molecule has 1 aliphatic heterocycles. The second-order valence-electron chi connectivity index (χ2n) is 6.74. The van der Waals surface area contributed by atoms with Gasteiger partial charge in [0.1, 0.15) is 0 Å². The summed E-state index contributed by atoms with van der Waals surface area (Å²) in [6.07, 6.45) is 6.74. The van der Waals surface area contributed by atoms with Gasteiger partial charge in [-0.05, 0) is 50.3 Å². The zero-order valence-electron chi connectivity index (χ0n) is 11.7. The molecule has 2 aliphatic rings. The minimum absolute atomic E-state index is 0.302. The van der Waals surface area contributed by atoms with Gasteiger partial charge in [-0.2, -0.15) is 11.8 Å². The van der Waals surface area contributed by atoms with Gasteiger partial charge in [-0.1, -0.05) is 13.8 Å². The van der Waals surface area contributed by atoms with Crippen molar-refractivity contribution in [2.75, 3.05) is 25.1 Å². The monoisotopic (exact) mass is 256 g/mol. The normalized spacial score (nSPS) is 34.4. The summed E-state index contributed by atoms with van der Waals surface area (Å²) in [4.78, 5) is 2.64. The topological polar surface area (TPSA) is 29.3 Å². The van der Waals surface area contributed by atoms with Gasteiger partial charge in [-0.15, -0.1) is 0 Å². The average molecular weight is 256 g/mol. The van der Waals surface area contributed by atoms with Crippen molar-refractivity contribution >= 4 is 11.8 Å². The van der Waals surface area contributed by atoms with Crippen molar-refractivity contribution in [2.24, 2.45) is 11.1 Å². The molecular weight excluding hydrogens is 228 g/mol. The van der Waals surface area contributed by atoms with E-state index in [1.807, 2.05) is 0 Å². The maximum Gasteiger partial charge on any atom is 0.0429 e. The molecular formula is C14H28N2S. The van der Waals surface area contributed by atoms with Crippen LogP contribution in [0.5, 0.6) is 0 Å². The quantitative estimate of drug-likeness (QED) is 0.842. The minimum Gasteiger partial charge on any atom is -0.329 e.